The molecule has 3 aromatic rings. The number of carbonyl (C=O) groups excluding carboxylic acids is 1. The van der Waals surface area contributed by atoms with Crippen molar-refractivity contribution in [3.05, 3.63) is 82.2 Å². The van der Waals surface area contributed by atoms with Crippen LogP contribution in [0, 0.1) is 27.7 Å². The highest BCUT2D eigenvalue weighted by atomic mass is 16.2. The first-order valence-electron chi connectivity index (χ1n) is 9.85. The summed E-state index contributed by atoms with van der Waals surface area (Å²) in [5.41, 5.74) is 11.3. The van der Waals surface area contributed by atoms with Crippen LogP contribution in [0.15, 0.2) is 53.6 Å². The lowest BCUT2D eigenvalue weighted by atomic mass is 10.1. The van der Waals surface area contributed by atoms with E-state index in [0.717, 1.165) is 34.6 Å². The summed E-state index contributed by atoms with van der Waals surface area (Å²) in [5.74, 6) is 0. The number of hydrazone groups is 1. The number of carbonyl (C=O) groups is 1. The van der Waals surface area contributed by atoms with Crippen molar-refractivity contribution >= 4 is 17.9 Å². The number of benzene rings is 2. The average molecular weight is 389 g/mol. The van der Waals surface area contributed by atoms with Crippen molar-refractivity contribution in [2.24, 2.45) is 5.10 Å². The van der Waals surface area contributed by atoms with Gasteiger partial charge in [0.1, 0.15) is 0 Å². The van der Waals surface area contributed by atoms with Gasteiger partial charge in [0.2, 0.25) is 0 Å². The second-order valence-electron chi connectivity index (χ2n) is 7.27. The number of hydrogen-bond donors (Lipinski definition) is 2. The maximum Gasteiger partial charge on any atom is 0.339 e. The first kappa shape index (κ1) is 20.4. The van der Waals surface area contributed by atoms with Crippen molar-refractivity contribution in [2.45, 2.75) is 41.0 Å². The molecule has 3 rings (SSSR count). The van der Waals surface area contributed by atoms with Gasteiger partial charge in [0.05, 0.1) is 6.21 Å². The molecule has 1 aromatic heterocycles. The summed E-state index contributed by atoms with van der Waals surface area (Å²) in [6.07, 6.45) is 2.66. The summed E-state index contributed by atoms with van der Waals surface area (Å²) in [5, 5.41) is 6.93. The molecule has 0 saturated carbocycles. The zero-order valence-corrected chi connectivity index (χ0v) is 17.7. The number of urea groups is 1. The van der Waals surface area contributed by atoms with Crippen molar-refractivity contribution < 1.29 is 4.79 Å². The number of anilines is 1. The lowest BCUT2D eigenvalue weighted by Crippen LogP contribution is -2.24. The molecule has 150 valence electrons. The Balaban J connectivity index is 1.73. The van der Waals surface area contributed by atoms with E-state index in [-0.39, 0.29) is 6.03 Å². The molecule has 2 aromatic carbocycles. The highest BCUT2D eigenvalue weighted by Crippen LogP contribution is 2.23. The highest BCUT2D eigenvalue weighted by Gasteiger charge is 2.12. The number of nitrogens with one attached hydrogen (secondary N) is 2. The number of aromatic nitrogens is 1. The van der Waals surface area contributed by atoms with Gasteiger partial charge in [-0.15, -0.1) is 0 Å². The third-order valence-electron chi connectivity index (χ3n) is 5.22. The fourth-order valence-electron chi connectivity index (χ4n) is 3.46. The number of rotatable bonds is 5. The number of nitrogens with zero attached hydrogens (tertiary/aromatic N) is 2. The Bertz CT molecular complexity index is 1060. The predicted molar refractivity (Wildman–Crippen MR) is 120 cm³/mol. The quantitative estimate of drug-likeness (QED) is 0.444. The lowest BCUT2D eigenvalue weighted by molar-refractivity contribution is 0.252. The monoisotopic (exact) mass is 388 g/mol. The number of aryl methyl sites for hydroxylation is 4. The first-order chi connectivity index (χ1) is 13.9. The van der Waals surface area contributed by atoms with Gasteiger partial charge >= 0.3 is 6.03 Å². The van der Waals surface area contributed by atoms with Gasteiger partial charge in [0.25, 0.3) is 0 Å². The van der Waals surface area contributed by atoms with Crippen molar-refractivity contribution in [3.63, 3.8) is 0 Å². The Kier molecular flexibility index (Phi) is 6.17. The summed E-state index contributed by atoms with van der Waals surface area (Å²) >= 11 is 0. The van der Waals surface area contributed by atoms with E-state index in [1.54, 1.807) is 6.21 Å². The molecule has 0 aliphatic carbocycles. The van der Waals surface area contributed by atoms with Crippen molar-refractivity contribution in [1.82, 2.24) is 9.99 Å². The molecule has 0 bridgehead atoms. The normalized spacial score (nSPS) is 11.1. The minimum atomic E-state index is -0.366. The molecule has 0 atom stereocenters. The van der Waals surface area contributed by atoms with Crippen LogP contribution in [-0.4, -0.2) is 16.8 Å². The molecule has 1 heterocycles. The predicted octanol–water partition coefficient (Wildman–Crippen LogP) is 5.43. The van der Waals surface area contributed by atoms with Crippen molar-refractivity contribution in [2.75, 3.05) is 5.32 Å². The molecule has 2 N–H and O–H groups in total. The van der Waals surface area contributed by atoms with Gasteiger partial charge in [-0.05, 0) is 75.1 Å². The second kappa shape index (κ2) is 8.78. The van der Waals surface area contributed by atoms with Crippen LogP contribution in [0.3, 0.4) is 0 Å². The molecular weight excluding hydrogens is 360 g/mol. The van der Waals surface area contributed by atoms with Gasteiger partial charge in [0.15, 0.2) is 0 Å². The van der Waals surface area contributed by atoms with E-state index in [9.17, 15) is 4.79 Å². The maximum absolute atomic E-state index is 12.1. The van der Waals surface area contributed by atoms with Crippen LogP contribution < -0.4 is 10.7 Å². The Labute approximate surface area is 172 Å². The Morgan fingerprint density at radius 3 is 2.52 bits per heavy atom. The second-order valence-corrected chi connectivity index (χ2v) is 7.27. The van der Waals surface area contributed by atoms with E-state index >= 15 is 0 Å². The van der Waals surface area contributed by atoms with E-state index < -0.39 is 0 Å². The van der Waals surface area contributed by atoms with Gasteiger partial charge in [-0.2, -0.15) is 5.10 Å². The zero-order chi connectivity index (χ0) is 21.0. The minimum Gasteiger partial charge on any atom is -0.318 e. The summed E-state index contributed by atoms with van der Waals surface area (Å²) in [6, 6.07) is 15.9. The zero-order valence-electron chi connectivity index (χ0n) is 17.7. The largest absolute Gasteiger partial charge is 0.339 e. The molecule has 0 aliphatic heterocycles. The molecule has 0 spiro atoms. The summed E-state index contributed by atoms with van der Waals surface area (Å²) < 4.78 is 2.23. The third-order valence-corrected chi connectivity index (χ3v) is 5.22. The Hall–Kier alpha value is -3.34. The maximum atomic E-state index is 12.1. The lowest BCUT2D eigenvalue weighted by Gasteiger charge is -2.13. The number of amides is 2. The standard InChI is InChI=1S/C24H28N4O/c1-6-20-9-7-8-10-23(20)28-18(4)14-21(19(28)5)15-25-27-24(29)26-22-12-11-16(2)17(3)13-22/h7-15H,6H2,1-5H3,(H2,26,27,29)/b25-15+. The SMILES string of the molecule is CCc1ccccc1-n1c(C)cc(/C=N/NC(=O)Nc2ccc(C)c(C)c2)c1C. The van der Waals surface area contributed by atoms with Gasteiger partial charge in [-0.25, -0.2) is 10.2 Å². The van der Waals surface area contributed by atoms with Gasteiger partial charge in [0, 0.05) is 28.3 Å². The molecule has 2 amide bonds. The molecule has 0 aliphatic rings. The first-order valence-corrected chi connectivity index (χ1v) is 9.85. The molecule has 0 unspecified atom stereocenters. The van der Waals surface area contributed by atoms with Crippen LogP contribution >= 0.6 is 0 Å². The third kappa shape index (κ3) is 4.57. The van der Waals surface area contributed by atoms with Crippen molar-refractivity contribution in [3.8, 4) is 5.69 Å². The van der Waals surface area contributed by atoms with E-state index in [2.05, 4.69) is 71.5 Å². The van der Waals surface area contributed by atoms with Gasteiger partial charge in [-0.3, -0.25) is 0 Å². The van der Waals surface area contributed by atoms with Crippen LogP contribution in [0.1, 0.15) is 40.6 Å². The Morgan fingerprint density at radius 1 is 1.03 bits per heavy atom. The van der Waals surface area contributed by atoms with Crippen LogP contribution in [0.2, 0.25) is 0 Å². The molecular formula is C24H28N4O. The van der Waals surface area contributed by atoms with Crippen LogP contribution in [-0.2, 0) is 6.42 Å². The van der Waals surface area contributed by atoms with Crippen molar-refractivity contribution in [1.29, 1.82) is 0 Å². The summed E-state index contributed by atoms with van der Waals surface area (Å²) in [7, 11) is 0. The minimum absolute atomic E-state index is 0.366. The fraction of sp³-hybridized carbons (Fsp3) is 0.250. The van der Waals surface area contributed by atoms with E-state index in [4.69, 9.17) is 0 Å². The molecule has 0 fully saturated rings. The smallest absolute Gasteiger partial charge is 0.318 e. The van der Waals surface area contributed by atoms with Crippen LogP contribution in [0.5, 0.6) is 0 Å². The average Bonchev–Trinajstić information content (AvgIpc) is 2.98. The number of para-hydroxylation sites is 1. The molecule has 0 radical (unpaired) electrons. The van der Waals surface area contributed by atoms with Crippen LogP contribution in [0.4, 0.5) is 10.5 Å². The topological polar surface area (TPSA) is 58.4 Å². The van der Waals surface area contributed by atoms with E-state index in [1.165, 1.54) is 16.8 Å². The van der Waals surface area contributed by atoms with Crippen LogP contribution in [0.25, 0.3) is 5.69 Å². The highest BCUT2D eigenvalue weighted by molar-refractivity contribution is 5.90. The molecule has 5 heteroatoms. The molecule has 5 nitrogen and oxygen atoms in total. The fourth-order valence-corrected chi connectivity index (χ4v) is 3.46. The summed E-state index contributed by atoms with van der Waals surface area (Å²) in [6.45, 7) is 10.4. The van der Waals surface area contributed by atoms with Gasteiger partial charge in [-0.1, -0.05) is 31.2 Å². The Morgan fingerprint density at radius 2 is 1.79 bits per heavy atom. The van der Waals surface area contributed by atoms with E-state index in [0.29, 0.717) is 0 Å². The van der Waals surface area contributed by atoms with E-state index in [1.807, 2.05) is 32.0 Å². The van der Waals surface area contributed by atoms with Gasteiger partial charge < -0.3 is 9.88 Å². The molecule has 29 heavy (non-hydrogen) atoms. The molecule has 0 saturated heterocycles. The summed E-state index contributed by atoms with van der Waals surface area (Å²) in [4.78, 5) is 12.1. The number of hydrogen-bond acceptors (Lipinski definition) is 2.